The first kappa shape index (κ1) is 24.8. The Kier molecular flexibility index (Phi) is 6.96. The fraction of sp³-hybridized carbons (Fsp3) is 0.143. The zero-order valence-electron chi connectivity index (χ0n) is 19.5. The van der Waals surface area contributed by atoms with Crippen LogP contribution in [0.5, 0.6) is 5.75 Å². The normalized spacial score (nSPS) is 15.0. The van der Waals surface area contributed by atoms with Crippen LogP contribution in [-0.4, -0.2) is 19.0 Å². The smallest absolute Gasteiger partial charge is 0.416 e. The minimum atomic E-state index is -4.59. The summed E-state index contributed by atoms with van der Waals surface area (Å²) in [5.41, 5.74) is 0.684. The topological polar surface area (TPSA) is 55.8 Å². The van der Waals surface area contributed by atoms with Gasteiger partial charge in [-0.3, -0.25) is 9.69 Å². The second-order valence-electron chi connectivity index (χ2n) is 8.01. The summed E-state index contributed by atoms with van der Waals surface area (Å²) < 4.78 is 50.7. The van der Waals surface area contributed by atoms with E-state index in [-0.39, 0.29) is 29.1 Å². The molecular weight excluding hydrogens is 471 g/mol. The van der Waals surface area contributed by atoms with Crippen molar-refractivity contribution in [2.24, 2.45) is 0 Å². The second-order valence-corrected chi connectivity index (χ2v) is 8.01. The van der Waals surface area contributed by atoms with Crippen LogP contribution in [0, 0.1) is 0 Å². The Morgan fingerprint density at radius 3 is 2.36 bits per heavy atom. The number of carbonyl (C=O) groups is 2. The number of nitrogens with zero attached hydrogens (tertiary/aromatic N) is 1. The van der Waals surface area contributed by atoms with Crippen molar-refractivity contribution in [1.82, 2.24) is 0 Å². The highest BCUT2D eigenvalue weighted by molar-refractivity contribution is 6.24. The van der Waals surface area contributed by atoms with Gasteiger partial charge < -0.3 is 9.47 Å². The van der Waals surface area contributed by atoms with Crippen LogP contribution in [-0.2, 0) is 27.1 Å². The lowest BCUT2D eigenvalue weighted by atomic mass is 10.0. The molecule has 3 aromatic carbocycles. The molecule has 0 unspecified atom stereocenters. The summed E-state index contributed by atoms with van der Waals surface area (Å²) in [6.07, 6.45) is -3.10. The number of halogens is 3. The molecule has 4 rings (SSSR count). The van der Waals surface area contributed by atoms with Gasteiger partial charge in [-0.25, -0.2) is 4.79 Å². The lowest BCUT2D eigenvalue weighted by Crippen LogP contribution is -2.25. The highest BCUT2D eigenvalue weighted by Crippen LogP contribution is 2.38. The maximum atomic E-state index is 13.5. The number of benzene rings is 3. The molecule has 36 heavy (non-hydrogen) atoms. The van der Waals surface area contributed by atoms with Gasteiger partial charge in [-0.05, 0) is 42.8 Å². The minimum absolute atomic E-state index is 0.00692. The van der Waals surface area contributed by atoms with E-state index in [1.807, 2.05) is 30.3 Å². The highest BCUT2D eigenvalue weighted by atomic mass is 19.4. The van der Waals surface area contributed by atoms with E-state index in [1.54, 1.807) is 24.3 Å². The molecule has 1 amide bonds. The van der Waals surface area contributed by atoms with Gasteiger partial charge in [-0.15, -0.1) is 0 Å². The Hall–Kier alpha value is -4.33. The largest absolute Gasteiger partial charge is 0.488 e. The zero-order chi connectivity index (χ0) is 25.9. The quantitative estimate of drug-likeness (QED) is 0.305. The first-order valence-electron chi connectivity index (χ1n) is 11.0. The molecule has 5 nitrogen and oxygen atoms in total. The highest BCUT2D eigenvalue weighted by Gasteiger charge is 2.39. The molecule has 1 heterocycles. The van der Waals surface area contributed by atoms with E-state index in [9.17, 15) is 22.8 Å². The van der Waals surface area contributed by atoms with E-state index in [0.717, 1.165) is 22.6 Å². The predicted molar refractivity (Wildman–Crippen MR) is 129 cm³/mol. The summed E-state index contributed by atoms with van der Waals surface area (Å²) in [5.74, 6) is -0.949. The van der Waals surface area contributed by atoms with Crippen molar-refractivity contribution in [3.8, 4) is 5.75 Å². The van der Waals surface area contributed by atoms with Gasteiger partial charge in [-0.2, -0.15) is 13.2 Å². The molecule has 8 heteroatoms. The first-order chi connectivity index (χ1) is 17.2. The van der Waals surface area contributed by atoms with Crippen molar-refractivity contribution in [2.75, 3.05) is 12.0 Å². The van der Waals surface area contributed by atoms with Crippen LogP contribution in [0.1, 0.15) is 23.6 Å². The first-order valence-corrected chi connectivity index (χ1v) is 11.0. The summed E-state index contributed by atoms with van der Waals surface area (Å²) in [7, 11) is 1.18. The van der Waals surface area contributed by atoms with E-state index < -0.39 is 23.6 Å². The molecule has 0 N–H and O–H groups in total. The molecule has 3 aromatic rings. The summed E-state index contributed by atoms with van der Waals surface area (Å²) in [6.45, 7) is 1.77. The van der Waals surface area contributed by atoms with Gasteiger partial charge in [0.1, 0.15) is 12.4 Å². The fourth-order valence-electron chi connectivity index (χ4n) is 3.93. The van der Waals surface area contributed by atoms with E-state index in [4.69, 9.17) is 9.47 Å². The van der Waals surface area contributed by atoms with Crippen LogP contribution >= 0.6 is 0 Å². The molecule has 0 saturated heterocycles. The van der Waals surface area contributed by atoms with Gasteiger partial charge in [0.15, 0.2) is 0 Å². The van der Waals surface area contributed by atoms with Crippen LogP contribution in [0.15, 0.2) is 95.7 Å². The fourth-order valence-corrected chi connectivity index (χ4v) is 3.93. The molecule has 0 radical (unpaired) electrons. The average molecular weight is 493 g/mol. The lowest BCUT2D eigenvalue weighted by Gasteiger charge is -2.19. The SMILES string of the molecule is COC(=O)C1=C(C)N(c2cccc(C(F)(F)F)c2)C(=O)/C1=C\c1ccccc1OCc1ccccc1. The number of ether oxygens (including phenoxy) is 2. The van der Waals surface area contributed by atoms with Crippen molar-refractivity contribution in [3.05, 3.63) is 112 Å². The summed E-state index contributed by atoms with van der Waals surface area (Å²) in [6, 6.07) is 20.9. The van der Waals surface area contributed by atoms with Gasteiger partial charge in [0.2, 0.25) is 0 Å². The second kappa shape index (κ2) is 10.1. The zero-order valence-corrected chi connectivity index (χ0v) is 19.5. The van der Waals surface area contributed by atoms with Crippen LogP contribution in [0.2, 0.25) is 0 Å². The van der Waals surface area contributed by atoms with E-state index in [0.29, 0.717) is 11.3 Å². The third kappa shape index (κ3) is 5.02. The number of carbonyl (C=O) groups excluding carboxylic acids is 2. The lowest BCUT2D eigenvalue weighted by molar-refractivity contribution is -0.137. The van der Waals surface area contributed by atoms with E-state index in [2.05, 4.69) is 0 Å². The molecule has 0 fully saturated rings. The molecule has 1 aliphatic rings. The molecule has 0 bridgehead atoms. The van der Waals surface area contributed by atoms with E-state index >= 15 is 0 Å². The number of amides is 1. The van der Waals surface area contributed by atoms with Crippen molar-refractivity contribution >= 4 is 23.6 Å². The number of rotatable bonds is 6. The standard InChI is InChI=1S/C28H22F3NO4/c1-18-25(27(34)35-2)23(26(33)32(18)22-13-8-12-21(16-22)28(29,30)31)15-20-11-6-7-14-24(20)36-17-19-9-4-3-5-10-19/h3-16H,17H2,1-2H3/b23-15-. The van der Waals surface area contributed by atoms with Crippen molar-refractivity contribution in [3.63, 3.8) is 0 Å². The summed E-state index contributed by atoms with van der Waals surface area (Å²) >= 11 is 0. The molecule has 0 aromatic heterocycles. The molecular formula is C28H22F3NO4. The number of esters is 1. The molecule has 184 valence electrons. The maximum absolute atomic E-state index is 13.5. The van der Waals surface area contributed by atoms with Gasteiger partial charge in [-0.1, -0.05) is 54.6 Å². The van der Waals surface area contributed by atoms with Gasteiger partial charge >= 0.3 is 12.1 Å². The summed E-state index contributed by atoms with van der Waals surface area (Å²) in [5, 5.41) is 0. The Morgan fingerprint density at radius 1 is 0.972 bits per heavy atom. The van der Waals surface area contributed by atoms with Gasteiger partial charge in [0, 0.05) is 16.9 Å². The molecule has 0 atom stereocenters. The number of alkyl halides is 3. The monoisotopic (exact) mass is 493 g/mol. The average Bonchev–Trinajstić information content (AvgIpc) is 3.12. The third-order valence-electron chi connectivity index (χ3n) is 5.68. The van der Waals surface area contributed by atoms with Crippen LogP contribution in [0.4, 0.5) is 18.9 Å². The van der Waals surface area contributed by atoms with Crippen molar-refractivity contribution in [2.45, 2.75) is 19.7 Å². The number of hydrogen-bond donors (Lipinski definition) is 0. The minimum Gasteiger partial charge on any atom is -0.488 e. The number of allylic oxidation sites excluding steroid dienone is 1. The molecule has 0 aliphatic carbocycles. The molecule has 1 aliphatic heterocycles. The number of anilines is 1. The van der Waals surface area contributed by atoms with Crippen molar-refractivity contribution < 1.29 is 32.2 Å². The van der Waals surface area contributed by atoms with Crippen LogP contribution in [0.25, 0.3) is 6.08 Å². The third-order valence-corrected chi connectivity index (χ3v) is 5.68. The van der Waals surface area contributed by atoms with E-state index in [1.165, 1.54) is 32.2 Å². The number of para-hydroxylation sites is 1. The van der Waals surface area contributed by atoms with Crippen molar-refractivity contribution in [1.29, 1.82) is 0 Å². The van der Waals surface area contributed by atoms with Crippen LogP contribution in [0.3, 0.4) is 0 Å². The predicted octanol–water partition coefficient (Wildman–Crippen LogP) is 6.16. The summed E-state index contributed by atoms with van der Waals surface area (Å²) in [4.78, 5) is 27.2. The molecule has 0 saturated carbocycles. The molecule has 0 spiro atoms. The Balaban J connectivity index is 1.75. The number of hydrogen-bond acceptors (Lipinski definition) is 4. The Labute approximate surface area is 206 Å². The number of methoxy groups -OCH3 is 1. The Morgan fingerprint density at radius 2 is 1.67 bits per heavy atom. The van der Waals surface area contributed by atoms with Gasteiger partial charge in [0.05, 0.1) is 23.8 Å². The Bertz CT molecular complexity index is 1360. The van der Waals surface area contributed by atoms with Crippen LogP contribution < -0.4 is 9.64 Å². The van der Waals surface area contributed by atoms with Gasteiger partial charge in [0.25, 0.3) is 5.91 Å². The maximum Gasteiger partial charge on any atom is 0.416 e.